The number of hydrogen-bond donors (Lipinski definition) is 2. The van der Waals surface area contributed by atoms with Gasteiger partial charge in [0.2, 0.25) is 0 Å². The molecular formula is C13H27NOS. The van der Waals surface area contributed by atoms with Crippen LogP contribution in [0, 0.1) is 5.41 Å². The van der Waals surface area contributed by atoms with Gasteiger partial charge in [0.05, 0.1) is 0 Å². The molecule has 1 saturated heterocycles. The molecule has 16 heavy (non-hydrogen) atoms. The molecule has 1 rings (SSSR count). The topological polar surface area (TPSA) is 32.3 Å². The van der Waals surface area contributed by atoms with Gasteiger partial charge >= 0.3 is 0 Å². The summed E-state index contributed by atoms with van der Waals surface area (Å²) in [6.07, 6.45) is 5.95. The highest BCUT2D eigenvalue weighted by atomic mass is 32.2. The number of hydrogen-bond acceptors (Lipinski definition) is 3. The molecular weight excluding hydrogens is 218 g/mol. The molecule has 1 aliphatic rings. The van der Waals surface area contributed by atoms with E-state index in [0.717, 1.165) is 25.8 Å². The second kappa shape index (κ2) is 7.57. The summed E-state index contributed by atoms with van der Waals surface area (Å²) in [6, 6.07) is 0.704. The number of rotatable bonds is 7. The highest BCUT2D eigenvalue weighted by Crippen LogP contribution is 2.30. The summed E-state index contributed by atoms with van der Waals surface area (Å²) >= 11 is 2.07. The largest absolute Gasteiger partial charge is 0.396 e. The van der Waals surface area contributed by atoms with Crippen LogP contribution < -0.4 is 5.32 Å². The van der Waals surface area contributed by atoms with Crippen molar-refractivity contribution in [2.24, 2.45) is 5.41 Å². The molecule has 0 radical (unpaired) electrons. The van der Waals surface area contributed by atoms with Crippen LogP contribution in [0.15, 0.2) is 0 Å². The Balaban J connectivity index is 2.35. The number of nitrogens with one attached hydrogen (secondary N) is 1. The molecule has 1 atom stereocenters. The molecule has 0 aromatic carbocycles. The maximum Gasteiger partial charge on any atom is 0.0436 e. The van der Waals surface area contributed by atoms with Crippen molar-refractivity contribution in [3.63, 3.8) is 0 Å². The average molecular weight is 245 g/mol. The minimum Gasteiger partial charge on any atom is -0.396 e. The number of aliphatic hydroxyl groups excluding tert-OH is 1. The van der Waals surface area contributed by atoms with E-state index >= 15 is 0 Å². The van der Waals surface area contributed by atoms with E-state index in [9.17, 15) is 0 Å². The van der Waals surface area contributed by atoms with Crippen LogP contribution in [-0.2, 0) is 0 Å². The van der Waals surface area contributed by atoms with Crippen LogP contribution >= 0.6 is 11.8 Å². The van der Waals surface area contributed by atoms with E-state index in [4.69, 9.17) is 5.11 Å². The normalized spacial score (nSPS) is 22.3. The molecule has 0 saturated carbocycles. The molecule has 0 amide bonds. The molecule has 0 aliphatic carbocycles. The Kier molecular flexibility index (Phi) is 6.78. The first-order valence-electron chi connectivity index (χ1n) is 6.68. The molecule has 2 nitrogen and oxygen atoms in total. The molecule has 1 unspecified atom stereocenters. The van der Waals surface area contributed by atoms with Gasteiger partial charge in [0.1, 0.15) is 0 Å². The second-order valence-electron chi connectivity index (χ2n) is 4.98. The summed E-state index contributed by atoms with van der Waals surface area (Å²) in [5.74, 6) is 2.60. The zero-order valence-corrected chi connectivity index (χ0v) is 11.6. The van der Waals surface area contributed by atoms with Crippen LogP contribution in [0.4, 0.5) is 0 Å². The SMILES string of the molecule is CCC(CC)(CCO)CNC1CCCSC1. The molecule has 0 bridgehead atoms. The van der Waals surface area contributed by atoms with Gasteiger partial charge in [-0.2, -0.15) is 11.8 Å². The fourth-order valence-corrected chi connectivity index (χ4v) is 3.55. The molecule has 1 fully saturated rings. The minimum atomic E-state index is 0.316. The van der Waals surface area contributed by atoms with Crippen LogP contribution in [0.5, 0.6) is 0 Å². The zero-order chi connectivity index (χ0) is 11.9. The van der Waals surface area contributed by atoms with Gasteiger partial charge in [0.15, 0.2) is 0 Å². The van der Waals surface area contributed by atoms with E-state index in [-0.39, 0.29) is 0 Å². The third-order valence-electron chi connectivity index (χ3n) is 4.07. The smallest absolute Gasteiger partial charge is 0.0436 e. The lowest BCUT2D eigenvalue weighted by atomic mass is 9.79. The Labute approximate surface area is 105 Å². The Hall–Kier alpha value is 0.270. The Morgan fingerprint density at radius 3 is 2.62 bits per heavy atom. The Morgan fingerprint density at radius 1 is 1.38 bits per heavy atom. The quantitative estimate of drug-likeness (QED) is 0.723. The van der Waals surface area contributed by atoms with Gasteiger partial charge in [-0.05, 0) is 43.3 Å². The van der Waals surface area contributed by atoms with Gasteiger partial charge in [-0.3, -0.25) is 0 Å². The molecule has 0 aromatic rings. The van der Waals surface area contributed by atoms with Crippen molar-refractivity contribution in [2.75, 3.05) is 24.7 Å². The van der Waals surface area contributed by atoms with Crippen LogP contribution in [0.2, 0.25) is 0 Å². The summed E-state index contributed by atoms with van der Waals surface area (Å²) < 4.78 is 0. The summed E-state index contributed by atoms with van der Waals surface area (Å²) in [7, 11) is 0. The Morgan fingerprint density at radius 2 is 2.12 bits per heavy atom. The fourth-order valence-electron chi connectivity index (χ4n) is 2.44. The van der Waals surface area contributed by atoms with E-state index < -0.39 is 0 Å². The summed E-state index contributed by atoms with van der Waals surface area (Å²) in [4.78, 5) is 0. The first-order chi connectivity index (χ1) is 7.76. The fraction of sp³-hybridized carbons (Fsp3) is 1.00. The monoisotopic (exact) mass is 245 g/mol. The lowest BCUT2D eigenvalue weighted by Gasteiger charge is -2.34. The maximum absolute atomic E-state index is 9.17. The van der Waals surface area contributed by atoms with Crippen molar-refractivity contribution in [2.45, 2.75) is 52.0 Å². The van der Waals surface area contributed by atoms with Crippen LogP contribution in [-0.4, -0.2) is 35.8 Å². The first-order valence-corrected chi connectivity index (χ1v) is 7.84. The Bertz CT molecular complexity index is 177. The van der Waals surface area contributed by atoms with E-state index in [1.165, 1.54) is 24.3 Å². The summed E-state index contributed by atoms with van der Waals surface area (Å²) in [6.45, 7) is 5.89. The van der Waals surface area contributed by atoms with Crippen LogP contribution in [0.1, 0.15) is 46.0 Å². The summed E-state index contributed by atoms with van der Waals surface area (Å²) in [5.41, 5.74) is 0.316. The number of thioether (sulfide) groups is 1. The zero-order valence-electron chi connectivity index (χ0n) is 10.8. The molecule has 2 N–H and O–H groups in total. The molecule has 0 aromatic heterocycles. The molecule has 3 heteroatoms. The second-order valence-corrected chi connectivity index (χ2v) is 6.13. The highest BCUT2D eigenvalue weighted by molar-refractivity contribution is 7.99. The minimum absolute atomic E-state index is 0.316. The molecule has 1 heterocycles. The highest BCUT2D eigenvalue weighted by Gasteiger charge is 2.26. The van der Waals surface area contributed by atoms with E-state index in [2.05, 4.69) is 30.9 Å². The van der Waals surface area contributed by atoms with Gasteiger partial charge in [-0.25, -0.2) is 0 Å². The average Bonchev–Trinajstić information content (AvgIpc) is 2.36. The maximum atomic E-state index is 9.17. The summed E-state index contributed by atoms with van der Waals surface area (Å²) in [5, 5.41) is 12.9. The van der Waals surface area contributed by atoms with Gasteiger partial charge < -0.3 is 10.4 Å². The van der Waals surface area contributed by atoms with Crippen molar-refractivity contribution in [3.05, 3.63) is 0 Å². The van der Waals surface area contributed by atoms with E-state index in [1.54, 1.807) is 0 Å². The lowest BCUT2D eigenvalue weighted by Crippen LogP contribution is -2.42. The van der Waals surface area contributed by atoms with Gasteiger partial charge in [0, 0.05) is 24.9 Å². The van der Waals surface area contributed by atoms with Crippen molar-refractivity contribution in [3.8, 4) is 0 Å². The third kappa shape index (κ3) is 4.27. The third-order valence-corrected chi connectivity index (χ3v) is 5.28. The first kappa shape index (κ1) is 14.3. The van der Waals surface area contributed by atoms with Crippen molar-refractivity contribution in [1.82, 2.24) is 5.32 Å². The lowest BCUT2D eigenvalue weighted by molar-refractivity contribution is 0.159. The molecule has 0 spiro atoms. The van der Waals surface area contributed by atoms with Crippen molar-refractivity contribution < 1.29 is 5.11 Å². The predicted octanol–water partition coefficient (Wildman–Crippen LogP) is 2.66. The van der Waals surface area contributed by atoms with E-state index in [1.807, 2.05) is 0 Å². The standard InChI is InChI=1S/C13H27NOS/c1-3-13(4-2,7-8-15)11-14-12-6-5-9-16-10-12/h12,14-15H,3-11H2,1-2H3. The van der Waals surface area contributed by atoms with Gasteiger partial charge in [-0.1, -0.05) is 13.8 Å². The molecule has 96 valence electrons. The van der Waals surface area contributed by atoms with Crippen molar-refractivity contribution in [1.29, 1.82) is 0 Å². The molecule has 1 aliphatic heterocycles. The van der Waals surface area contributed by atoms with Crippen LogP contribution in [0.25, 0.3) is 0 Å². The predicted molar refractivity (Wildman–Crippen MR) is 73.1 cm³/mol. The number of aliphatic hydroxyl groups is 1. The van der Waals surface area contributed by atoms with Gasteiger partial charge in [0.25, 0.3) is 0 Å². The van der Waals surface area contributed by atoms with Gasteiger partial charge in [-0.15, -0.1) is 0 Å². The van der Waals surface area contributed by atoms with Crippen LogP contribution in [0.3, 0.4) is 0 Å². The van der Waals surface area contributed by atoms with Crippen molar-refractivity contribution >= 4 is 11.8 Å². The van der Waals surface area contributed by atoms with E-state index in [0.29, 0.717) is 18.1 Å².